The number of hydrogen-bond donors (Lipinski definition) is 1. The summed E-state index contributed by atoms with van der Waals surface area (Å²) in [5, 5.41) is 10.4. The van der Waals surface area contributed by atoms with Crippen molar-refractivity contribution < 1.29 is 14.3 Å². The molecule has 2 atom stereocenters. The van der Waals surface area contributed by atoms with E-state index in [-0.39, 0.29) is 11.9 Å². The fraction of sp³-hybridized carbons (Fsp3) is 0.737. The lowest BCUT2D eigenvalue weighted by molar-refractivity contribution is -0.132. The summed E-state index contributed by atoms with van der Waals surface area (Å²) in [6, 6.07) is 3.87. The second-order valence-electron chi connectivity index (χ2n) is 7.46. The molecule has 0 bridgehead atoms. The fourth-order valence-corrected chi connectivity index (χ4v) is 3.65. The lowest BCUT2D eigenvalue weighted by atomic mass is 10.0. The molecule has 1 saturated carbocycles. The van der Waals surface area contributed by atoms with Crippen molar-refractivity contribution in [2.75, 3.05) is 26.7 Å². The Balaban J connectivity index is 1.57. The summed E-state index contributed by atoms with van der Waals surface area (Å²) in [6.45, 7) is 2.31. The number of carbonyl (C=O) groups excluding carboxylic acids is 1. The third-order valence-corrected chi connectivity index (χ3v) is 5.36. The second kappa shape index (κ2) is 8.17. The van der Waals surface area contributed by atoms with Crippen molar-refractivity contribution >= 4 is 5.91 Å². The van der Waals surface area contributed by atoms with E-state index < -0.39 is 6.10 Å². The number of amides is 1. The average molecular weight is 334 g/mol. The van der Waals surface area contributed by atoms with E-state index in [4.69, 9.17) is 4.42 Å². The number of rotatable bonds is 7. The third-order valence-electron chi connectivity index (χ3n) is 5.36. The molecule has 1 aromatic rings. The number of aliphatic hydroxyl groups excluding tert-OH is 1. The molecule has 2 fully saturated rings. The summed E-state index contributed by atoms with van der Waals surface area (Å²) < 4.78 is 5.33. The van der Waals surface area contributed by atoms with Crippen LogP contribution >= 0.6 is 0 Å². The Morgan fingerprint density at radius 1 is 1.38 bits per heavy atom. The van der Waals surface area contributed by atoms with Gasteiger partial charge in [0.05, 0.1) is 12.8 Å². The lowest BCUT2D eigenvalue weighted by Gasteiger charge is -2.32. The summed E-state index contributed by atoms with van der Waals surface area (Å²) in [6.07, 6.45) is 8.70. The van der Waals surface area contributed by atoms with Crippen LogP contribution in [0.3, 0.4) is 0 Å². The van der Waals surface area contributed by atoms with Crippen LogP contribution in [-0.4, -0.2) is 53.5 Å². The molecule has 1 aliphatic carbocycles. The van der Waals surface area contributed by atoms with Crippen LogP contribution in [-0.2, 0) is 4.79 Å². The third kappa shape index (κ3) is 4.84. The Morgan fingerprint density at radius 2 is 2.21 bits per heavy atom. The Hall–Kier alpha value is -1.33. The molecule has 24 heavy (non-hydrogen) atoms. The first-order valence-corrected chi connectivity index (χ1v) is 9.33. The maximum Gasteiger partial charge on any atom is 0.236 e. The van der Waals surface area contributed by atoms with E-state index in [1.165, 1.54) is 19.3 Å². The van der Waals surface area contributed by atoms with Crippen molar-refractivity contribution in [3.8, 4) is 0 Å². The molecular weight excluding hydrogens is 304 g/mol. The van der Waals surface area contributed by atoms with E-state index in [0.717, 1.165) is 38.3 Å². The molecule has 0 radical (unpaired) electrons. The van der Waals surface area contributed by atoms with Crippen LogP contribution in [0, 0.1) is 5.92 Å². The van der Waals surface area contributed by atoms with Gasteiger partial charge in [0.1, 0.15) is 11.9 Å². The average Bonchev–Trinajstić information content (AvgIpc) is 3.25. The van der Waals surface area contributed by atoms with Crippen LogP contribution in [0.25, 0.3) is 0 Å². The molecule has 1 N–H and O–H groups in total. The summed E-state index contributed by atoms with van der Waals surface area (Å²) in [7, 11) is 1.92. The molecule has 5 heteroatoms. The zero-order chi connectivity index (χ0) is 16.9. The lowest BCUT2D eigenvalue weighted by Crippen LogP contribution is -2.44. The van der Waals surface area contributed by atoms with Gasteiger partial charge in [-0.3, -0.25) is 9.69 Å². The maximum atomic E-state index is 12.6. The molecule has 1 aromatic heterocycles. The Labute approximate surface area is 144 Å². The first-order valence-electron chi connectivity index (χ1n) is 9.33. The molecule has 1 amide bonds. The summed E-state index contributed by atoms with van der Waals surface area (Å²) in [5.41, 5.74) is 0. The molecular formula is C19H30N2O3. The number of hydrogen-bond acceptors (Lipinski definition) is 4. The van der Waals surface area contributed by atoms with E-state index in [1.54, 1.807) is 12.3 Å². The van der Waals surface area contributed by atoms with Crippen LogP contribution in [0.15, 0.2) is 22.8 Å². The highest BCUT2D eigenvalue weighted by Crippen LogP contribution is 2.30. The highest BCUT2D eigenvalue weighted by molar-refractivity contribution is 5.78. The number of aliphatic hydroxyl groups is 1. The van der Waals surface area contributed by atoms with Gasteiger partial charge in [-0.25, -0.2) is 0 Å². The Morgan fingerprint density at radius 3 is 2.92 bits per heavy atom. The van der Waals surface area contributed by atoms with Gasteiger partial charge in [-0.05, 0) is 56.7 Å². The van der Waals surface area contributed by atoms with Crippen molar-refractivity contribution in [1.82, 2.24) is 9.80 Å². The number of likely N-dealkylation sites (tertiary alicyclic amines) is 1. The van der Waals surface area contributed by atoms with Crippen LogP contribution in [0.4, 0.5) is 0 Å². The number of carbonyl (C=O) groups is 1. The monoisotopic (exact) mass is 334 g/mol. The van der Waals surface area contributed by atoms with Crippen LogP contribution in [0.2, 0.25) is 0 Å². The van der Waals surface area contributed by atoms with Crippen molar-refractivity contribution in [2.24, 2.45) is 5.92 Å². The van der Waals surface area contributed by atoms with Gasteiger partial charge in [-0.1, -0.05) is 12.8 Å². The topological polar surface area (TPSA) is 56.9 Å². The van der Waals surface area contributed by atoms with Gasteiger partial charge in [0.15, 0.2) is 0 Å². The predicted molar refractivity (Wildman–Crippen MR) is 92.5 cm³/mol. The van der Waals surface area contributed by atoms with Gasteiger partial charge in [0, 0.05) is 19.6 Å². The minimum atomic E-state index is -0.593. The molecule has 2 unspecified atom stereocenters. The molecule has 2 heterocycles. The smallest absolute Gasteiger partial charge is 0.236 e. The summed E-state index contributed by atoms with van der Waals surface area (Å²) in [5.74, 6) is 1.55. The molecule has 134 valence electrons. The van der Waals surface area contributed by atoms with Crippen molar-refractivity contribution in [3.05, 3.63) is 24.2 Å². The van der Waals surface area contributed by atoms with E-state index in [0.29, 0.717) is 18.7 Å². The molecule has 3 rings (SSSR count). The molecule has 1 aliphatic heterocycles. The molecule has 0 aromatic carbocycles. The number of furan rings is 1. The zero-order valence-electron chi connectivity index (χ0n) is 14.7. The first kappa shape index (κ1) is 17.5. The van der Waals surface area contributed by atoms with Gasteiger partial charge in [0.25, 0.3) is 0 Å². The van der Waals surface area contributed by atoms with E-state index in [9.17, 15) is 9.90 Å². The fourth-order valence-electron chi connectivity index (χ4n) is 3.65. The Bertz CT molecular complexity index is 513. The van der Waals surface area contributed by atoms with Gasteiger partial charge in [-0.2, -0.15) is 0 Å². The van der Waals surface area contributed by atoms with Crippen molar-refractivity contribution in [3.63, 3.8) is 0 Å². The van der Waals surface area contributed by atoms with Crippen LogP contribution in [0.1, 0.15) is 56.8 Å². The summed E-state index contributed by atoms with van der Waals surface area (Å²) >= 11 is 0. The number of likely N-dealkylation sites (N-methyl/N-ethyl adjacent to an activating group) is 1. The molecule has 5 nitrogen and oxygen atoms in total. The van der Waals surface area contributed by atoms with E-state index in [2.05, 4.69) is 4.90 Å². The molecule has 1 saturated heterocycles. The van der Waals surface area contributed by atoms with Crippen molar-refractivity contribution in [1.29, 1.82) is 0 Å². The minimum Gasteiger partial charge on any atom is -0.467 e. The van der Waals surface area contributed by atoms with Crippen molar-refractivity contribution in [2.45, 2.75) is 57.1 Å². The van der Waals surface area contributed by atoms with Gasteiger partial charge >= 0.3 is 0 Å². The first-order chi connectivity index (χ1) is 11.6. The highest BCUT2D eigenvalue weighted by Gasteiger charge is 2.29. The largest absolute Gasteiger partial charge is 0.467 e. The predicted octanol–water partition coefficient (Wildman–Crippen LogP) is 2.82. The normalized spacial score (nSPS) is 23.7. The number of nitrogens with zero attached hydrogens (tertiary/aromatic N) is 2. The van der Waals surface area contributed by atoms with Gasteiger partial charge in [0.2, 0.25) is 5.91 Å². The highest BCUT2D eigenvalue weighted by atomic mass is 16.4. The van der Waals surface area contributed by atoms with Gasteiger partial charge < -0.3 is 14.4 Å². The Kier molecular flexibility index (Phi) is 5.95. The second-order valence-corrected chi connectivity index (χ2v) is 7.46. The molecule has 2 aliphatic rings. The van der Waals surface area contributed by atoms with E-state index >= 15 is 0 Å². The standard InChI is InChI=1S/C19H30N2O3/c1-20(13-15-8-9-15)19(23)14-21-10-4-2-3-6-16(21)12-17(22)18-7-5-11-24-18/h5,7,11,15-17,22H,2-4,6,8-10,12-14H2,1H3. The molecule has 0 spiro atoms. The SMILES string of the molecule is CN(CC1CC1)C(=O)CN1CCCCCC1CC(O)c1ccco1. The maximum absolute atomic E-state index is 12.6. The zero-order valence-corrected chi connectivity index (χ0v) is 14.7. The van der Waals surface area contributed by atoms with Gasteiger partial charge in [-0.15, -0.1) is 0 Å². The minimum absolute atomic E-state index is 0.210. The van der Waals surface area contributed by atoms with Crippen LogP contribution in [0.5, 0.6) is 0 Å². The summed E-state index contributed by atoms with van der Waals surface area (Å²) in [4.78, 5) is 16.7. The quantitative estimate of drug-likeness (QED) is 0.833. The van der Waals surface area contributed by atoms with E-state index in [1.807, 2.05) is 18.0 Å². The van der Waals surface area contributed by atoms with Crippen LogP contribution < -0.4 is 0 Å².